The van der Waals surface area contributed by atoms with Crippen LogP contribution in [0, 0.1) is 5.92 Å². The summed E-state index contributed by atoms with van der Waals surface area (Å²) in [6.07, 6.45) is 3.39. The Morgan fingerprint density at radius 2 is 2.06 bits per heavy atom. The smallest absolute Gasteiger partial charge is 0.409 e. The molecule has 1 fully saturated rings. The van der Waals surface area contributed by atoms with Crippen molar-refractivity contribution in [1.82, 2.24) is 9.80 Å². The molecule has 108 valence electrons. The second kappa shape index (κ2) is 10.2. The summed E-state index contributed by atoms with van der Waals surface area (Å²) in [5, 5.41) is 0. The minimum atomic E-state index is -0.140. The van der Waals surface area contributed by atoms with Gasteiger partial charge in [0, 0.05) is 6.54 Å². The number of carbonyl (C=O) groups excluding carboxylic acids is 1. The first-order valence-electron chi connectivity index (χ1n) is 7.03. The van der Waals surface area contributed by atoms with Crippen LogP contribution < -0.4 is 0 Å². The van der Waals surface area contributed by atoms with E-state index in [2.05, 4.69) is 39.8 Å². The van der Waals surface area contributed by atoms with Gasteiger partial charge >= 0.3 is 6.09 Å². The van der Waals surface area contributed by atoms with Crippen molar-refractivity contribution in [2.75, 3.05) is 40.3 Å². The average Bonchev–Trinajstić information content (AvgIpc) is 2.64. The van der Waals surface area contributed by atoms with Gasteiger partial charge in [0.05, 0.1) is 6.54 Å². The highest BCUT2D eigenvalue weighted by Gasteiger charge is 2.20. The molecule has 1 rings (SSSR count). The SMILES string of the molecule is CC(C)CCCN1CCOC1=O.CCCN(C)C. The summed E-state index contributed by atoms with van der Waals surface area (Å²) < 4.78 is 4.81. The average molecular weight is 258 g/mol. The van der Waals surface area contributed by atoms with Gasteiger partial charge in [-0.25, -0.2) is 4.79 Å². The Hall–Kier alpha value is -0.770. The standard InChI is InChI=1S/C9H17NO2.C5H13N/c1-8(2)4-3-5-10-6-7-12-9(10)11;1-4-5-6(2)3/h8H,3-7H2,1-2H3;4-5H2,1-3H3. The summed E-state index contributed by atoms with van der Waals surface area (Å²) in [5.41, 5.74) is 0. The topological polar surface area (TPSA) is 32.8 Å². The Labute approximate surface area is 112 Å². The van der Waals surface area contributed by atoms with Gasteiger partial charge in [-0.1, -0.05) is 20.8 Å². The van der Waals surface area contributed by atoms with Gasteiger partial charge in [-0.3, -0.25) is 0 Å². The van der Waals surface area contributed by atoms with E-state index in [1.54, 1.807) is 4.90 Å². The molecule has 1 amide bonds. The van der Waals surface area contributed by atoms with Crippen LogP contribution in [0.3, 0.4) is 0 Å². The third kappa shape index (κ3) is 9.28. The lowest BCUT2D eigenvalue weighted by atomic mass is 10.1. The molecule has 0 atom stereocenters. The first-order chi connectivity index (χ1) is 8.47. The van der Waals surface area contributed by atoms with Crippen LogP contribution in [0.5, 0.6) is 0 Å². The molecule has 0 spiro atoms. The fraction of sp³-hybridized carbons (Fsp3) is 0.929. The molecule has 1 aliphatic heterocycles. The van der Waals surface area contributed by atoms with Gasteiger partial charge in [0.2, 0.25) is 0 Å². The van der Waals surface area contributed by atoms with E-state index in [0.29, 0.717) is 6.61 Å². The van der Waals surface area contributed by atoms with E-state index in [-0.39, 0.29) is 6.09 Å². The van der Waals surface area contributed by atoms with Gasteiger partial charge in [0.1, 0.15) is 6.61 Å². The van der Waals surface area contributed by atoms with Crippen molar-refractivity contribution in [3.05, 3.63) is 0 Å². The summed E-state index contributed by atoms with van der Waals surface area (Å²) >= 11 is 0. The number of carbonyl (C=O) groups is 1. The molecule has 0 aromatic heterocycles. The molecule has 0 aromatic rings. The zero-order valence-electron chi connectivity index (χ0n) is 12.7. The molecule has 4 nitrogen and oxygen atoms in total. The molecule has 0 aliphatic carbocycles. The fourth-order valence-corrected chi connectivity index (χ4v) is 1.77. The maximum absolute atomic E-state index is 11.0. The number of rotatable bonds is 6. The van der Waals surface area contributed by atoms with E-state index in [9.17, 15) is 4.79 Å². The lowest BCUT2D eigenvalue weighted by molar-refractivity contribution is 0.157. The highest BCUT2D eigenvalue weighted by atomic mass is 16.6. The summed E-state index contributed by atoms with van der Waals surface area (Å²) in [6.45, 7) is 9.99. The van der Waals surface area contributed by atoms with E-state index in [1.165, 1.54) is 19.4 Å². The number of amides is 1. The molecule has 1 heterocycles. The Morgan fingerprint density at radius 3 is 2.39 bits per heavy atom. The third-order valence-electron chi connectivity index (χ3n) is 2.73. The summed E-state index contributed by atoms with van der Waals surface area (Å²) in [6, 6.07) is 0. The van der Waals surface area contributed by atoms with E-state index in [1.807, 2.05) is 0 Å². The molecular formula is C14H30N2O2. The van der Waals surface area contributed by atoms with Crippen LogP contribution in [0.15, 0.2) is 0 Å². The van der Waals surface area contributed by atoms with Gasteiger partial charge in [-0.05, 0) is 45.8 Å². The van der Waals surface area contributed by atoms with E-state index in [4.69, 9.17) is 4.74 Å². The molecule has 0 aromatic carbocycles. The number of nitrogens with zero attached hydrogens (tertiary/aromatic N) is 2. The van der Waals surface area contributed by atoms with E-state index in [0.717, 1.165) is 25.4 Å². The minimum Gasteiger partial charge on any atom is -0.448 e. The minimum absolute atomic E-state index is 0.140. The zero-order valence-corrected chi connectivity index (χ0v) is 12.7. The summed E-state index contributed by atoms with van der Waals surface area (Å²) in [5.74, 6) is 0.726. The molecule has 0 N–H and O–H groups in total. The number of ether oxygens (including phenoxy) is 1. The van der Waals surface area contributed by atoms with Crippen LogP contribution in [0.1, 0.15) is 40.0 Å². The monoisotopic (exact) mass is 258 g/mol. The zero-order chi connectivity index (χ0) is 14.0. The molecule has 1 saturated heterocycles. The number of hydrogen-bond donors (Lipinski definition) is 0. The third-order valence-corrected chi connectivity index (χ3v) is 2.73. The van der Waals surface area contributed by atoms with Crippen molar-refractivity contribution in [2.45, 2.75) is 40.0 Å². The summed E-state index contributed by atoms with van der Waals surface area (Å²) in [4.78, 5) is 14.9. The van der Waals surface area contributed by atoms with Crippen LogP contribution in [-0.4, -0.2) is 56.2 Å². The second-order valence-corrected chi connectivity index (χ2v) is 5.44. The number of hydrogen-bond acceptors (Lipinski definition) is 3. The Bertz CT molecular complexity index is 218. The molecule has 4 heteroatoms. The normalized spacial score (nSPS) is 14.8. The van der Waals surface area contributed by atoms with Crippen molar-refractivity contribution in [3.63, 3.8) is 0 Å². The Kier molecular flexibility index (Phi) is 9.74. The maximum Gasteiger partial charge on any atom is 0.409 e. The molecule has 18 heavy (non-hydrogen) atoms. The largest absolute Gasteiger partial charge is 0.448 e. The van der Waals surface area contributed by atoms with Gasteiger partial charge in [0.15, 0.2) is 0 Å². The lowest BCUT2D eigenvalue weighted by Crippen LogP contribution is -2.25. The summed E-state index contributed by atoms with van der Waals surface area (Å²) in [7, 11) is 4.17. The van der Waals surface area contributed by atoms with Crippen LogP contribution in [0.25, 0.3) is 0 Å². The maximum atomic E-state index is 11.0. The Balaban J connectivity index is 0.000000411. The Morgan fingerprint density at radius 1 is 1.39 bits per heavy atom. The van der Waals surface area contributed by atoms with Crippen LogP contribution in [-0.2, 0) is 4.74 Å². The van der Waals surface area contributed by atoms with Crippen molar-refractivity contribution in [1.29, 1.82) is 0 Å². The highest BCUT2D eigenvalue weighted by molar-refractivity contribution is 5.69. The van der Waals surface area contributed by atoms with E-state index >= 15 is 0 Å². The lowest BCUT2D eigenvalue weighted by Gasteiger charge is -2.12. The van der Waals surface area contributed by atoms with Crippen LogP contribution in [0.4, 0.5) is 4.79 Å². The first kappa shape index (κ1) is 17.2. The molecular weight excluding hydrogens is 228 g/mol. The van der Waals surface area contributed by atoms with Crippen molar-refractivity contribution in [2.24, 2.45) is 5.92 Å². The van der Waals surface area contributed by atoms with Gasteiger partial charge in [-0.15, -0.1) is 0 Å². The second-order valence-electron chi connectivity index (χ2n) is 5.44. The van der Waals surface area contributed by atoms with Crippen molar-refractivity contribution in [3.8, 4) is 0 Å². The van der Waals surface area contributed by atoms with Crippen molar-refractivity contribution < 1.29 is 9.53 Å². The van der Waals surface area contributed by atoms with E-state index < -0.39 is 0 Å². The molecule has 0 bridgehead atoms. The van der Waals surface area contributed by atoms with Gasteiger partial charge in [-0.2, -0.15) is 0 Å². The molecule has 0 unspecified atom stereocenters. The fourth-order valence-electron chi connectivity index (χ4n) is 1.77. The van der Waals surface area contributed by atoms with Crippen LogP contribution in [0.2, 0.25) is 0 Å². The predicted octanol–water partition coefficient (Wildman–Crippen LogP) is 2.83. The predicted molar refractivity (Wildman–Crippen MR) is 75.8 cm³/mol. The van der Waals surface area contributed by atoms with Gasteiger partial charge in [0.25, 0.3) is 0 Å². The molecule has 0 saturated carbocycles. The van der Waals surface area contributed by atoms with Gasteiger partial charge < -0.3 is 14.5 Å². The van der Waals surface area contributed by atoms with Crippen LogP contribution >= 0.6 is 0 Å². The molecule has 1 aliphatic rings. The highest BCUT2D eigenvalue weighted by Crippen LogP contribution is 2.08. The molecule has 0 radical (unpaired) electrons. The number of cyclic esters (lactones) is 1. The first-order valence-corrected chi connectivity index (χ1v) is 7.03. The van der Waals surface area contributed by atoms with Crippen molar-refractivity contribution >= 4 is 6.09 Å². The quantitative estimate of drug-likeness (QED) is 0.734.